The third kappa shape index (κ3) is 3.01. The Morgan fingerprint density at radius 2 is 1.79 bits per heavy atom. The highest BCUT2D eigenvalue weighted by Gasteiger charge is 2.42. The van der Waals surface area contributed by atoms with Crippen LogP contribution in [0.3, 0.4) is 0 Å². The van der Waals surface area contributed by atoms with Crippen LogP contribution in [0.25, 0.3) is 0 Å². The van der Waals surface area contributed by atoms with Crippen LogP contribution in [0.2, 0.25) is 18.1 Å². The van der Waals surface area contributed by atoms with E-state index in [2.05, 4.69) is 33.9 Å². The quantitative estimate of drug-likeness (QED) is 0.589. The summed E-state index contributed by atoms with van der Waals surface area (Å²) in [6.45, 7) is 12.7. The van der Waals surface area contributed by atoms with Crippen molar-refractivity contribution in [2.45, 2.75) is 65.1 Å². The maximum Gasteiger partial charge on any atom is 0.250 e. The molecule has 0 saturated heterocycles. The van der Waals surface area contributed by atoms with Crippen LogP contribution in [0.15, 0.2) is 0 Å². The van der Waals surface area contributed by atoms with Crippen molar-refractivity contribution in [1.82, 2.24) is 0 Å². The van der Waals surface area contributed by atoms with E-state index in [1.165, 1.54) is 0 Å². The van der Waals surface area contributed by atoms with E-state index in [9.17, 15) is 9.59 Å². The minimum Gasteiger partial charge on any atom is -0.543 e. The van der Waals surface area contributed by atoms with Crippen LogP contribution in [0, 0.1) is 6.92 Å². The van der Waals surface area contributed by atoms with Crippen molar-refractivity contribution in [3.63, 3.8) is 0 Å². The Labute approximate surface area is 145 Å². The van der Waals surface area contributed by atoms with Gasteiger partial charge in [0, 0.05) is 18.4 Å². The van der Waals surface area contributed by atoms with Crippen molar-refractivity contribution in [3.8, 4) is 11.5 Å². The lowest BCUT2D eigenvalue weighted by molar-refractivity contribution is -0.107. The van der Waals surface area contributed by atoms with Crippen LogP contribution in [-0.4, -0.2) is 27.5 Å². The number of rotatable bonds is 5. The highest BCUT2D eigenvalue weighted by atomic mass is 28.4. The van der Waals surface area contributed by atoms with Gasteiger partial charge >= 0.3 is 0 Å². The van der Waals surface area contributed by atoms with Gasteiger partial charge in [0.2, 0.25) is 0 Å². The van der Waals surface area contributed by atoms with Crippen molar-refractivity contribution < 1.29 is 18.8 Å². The maximum atomic E-state index is 12.5. The summed E-state index contributed by atoms with van der Waals surface area (Å²) in [5, 5.41) is -0.00188. The molecule has 4 nitrogen and oxygen atoms in total. The summed E-state index contributed by atoms with van der Waals surface area (Å²) in [5.74, 6) is 1.38. The van der Waals surface area contributed by atoms with Crippen molar-refractivity contribution in [1.29, 1.82) is 0 Å². The fourth-order valence-electron chi connectivity index (χ4n) is 2.98. The molecule has 0 unspecified atom stereocenters. The number of carbonyl (C=O) groups excluding carboxylic acids is 2. The van der Waals surface area contributed by atoms with E-state index in [4.69, 9.17) is 9.16 Å². The summed E-state index contributed by atoms with van der Waals surface area (Å²) in [5.41, 5.74) is 3.36. The van der Waals surface area contributed by atoms with Gasteiger partial charge < -0.3 is 14.0 Å². The smallest absolute Gasteiger partial charge is 0.250 e. The van der Waals surface area contributed by atoms with Crippen LogP contribution in [0.1, 0.15) is 54.2 Å². The number of aldehydes is 1. The molecule has 1 aromatic carbocycles. The summed E-state index contributed by atoms with van der Waals surface area (Å²) >= 11 is 0. The maximum absolute atomic E-state index is 12.5. The Morgan fingerprint density at radius 3 is 2.29 bits per heavy atom. The SMILES string of the molecule is COc1c(C)c2c(c(O[Si](C)(C)C(C)(C)C)c1CC=O)C(=O)CC2. The van der Waals surface area contributed by atoms with Gasteiger partial charge in [0.15, 0.2) is 5.78 Å². The van der Waals surface area contributed by atoms with Gasteiger partial charge in [-0.2, -0.15) is 0 Å². The molecule has 0 fully saturated rings. The second kappa shape index (κ2) is 6.35. The lowest BCUT2D eigenvalue weighted by Crippen LogP contribution is -2.44. The fraction of sp³-hybridized carbons (Fsp3) is 0.579. The topological polar surface area (TPSA) is 52.6 Å². The average Bonchev–Trinajstić information content (AvgIpc) is 2.85. The van der Waals surface area contributed by atoms with E-state index >= 15 is 0 Å². The van der Waals surface area contributed by atoms with E-state index in [0.717, 1.165) is 17.4 Å². The van der Waals surface area contributed by atoms with Gasteiger partial charge in [-0.15, -0.1) is 0 Å². The standard InChI is InChI=1S/C19H28O4Si/c1-12-13-8-9-15(21)16(13)18(14(10-11-20)17(12)22-5)23-24(6,7)19(2,3)4/h11H,8-10H2,1-7H3. The highest BCUT2D eigenvalue weighted by Crippen LogP contribution is 2.46. The molecule has 0 aliphatic heterocycles. The number of fused-ring (bicyclic) bond motifs is 1. The molecule has 0 saturated carbocycles. The zero-order valence-electron chi connectivity index (χ0n) is 15.8. The van der Waals surface area contributed by atoms with Crippen LogP contribution >= 0.6 is 0 Å². The number of hydrogen-bond donors (Lipinski definition) is 0. The molecule has 0 bridgehead atoms. The Bertz CT molecular complexity index is 684. The van der Waals surface area contributed by atoms with Gasteiger partial charge in [-0.3, -0.25) is 4.79 Å². The molecule has 1 aromatic rings. The summed E-state index contributed by atoms with van der Waals surface area (Å²) in [7, 11) is -0.548. The number of ketones is 1. The fourth-order valence-corrected chi connectivity index (χ4v) is 4.02. The van der Waals surface area contributed by atoms with Gasteiger partial charge in [0.25, 0.3) is 8.32 Å². The molecule has 1 aliphatic rings. The van der Waals surface area contributed by atoms with Gasteiger partial charge in [0.1, 0.15) is 17.8 Å². The molecule has 5 heteroatoms. The highest BCUT2D eigenvalue weighted by molar-refractivity contribution is 6.74. The van der Waals surface area contributed by atoms with Gasteiger partial charge in [0.05, 0.1) is 12.7 Å². The van der Waals surface area contributed by atoms with Crippen LogP contribution < -0.4 is 9.16 Å². The van der Waals surface area contributed by atoms with Crippen molar-refractivity contribution in [2.24, 2.45) is 0 Å². The molecule has 0 N–H and O–H groups in total. The van der Waals surface area contributed by atoms with E-state index in [-0.39, 0.29) is 17.2 Å². The number of benzene rings is 1. The van der Waals surface area contributed by atoms with E-state index in [1.54, 1.807) is 7.11 Å². The number of hydrogen-bond acceptors (Lipinski definition) is 4. The van der Waals surface area contributed by atoms with Crippen LogP contribution in [0.5, 0.6) is 11.5 Å². The first-order valence-corrected chi connectivity index (χ1v) is 11.3. The van der Waals surface area contributed by atoms with Gasteiger partial charge in [-0.1, -0.05) is 20.8 Å². The van der Waals surface area contributed by atoms with Crippen LogP contribution in [-0.2, 0) is 17.6 Å². The minimum absolute atomic E-state index is 0.00188. The molecule has 0 radical (unpaired) electrons. The number of ether oxygens (including phenoxy) is 1. The minimum atomic E-state index is -2.16. The molecule has 0 spiro atoms. The molecule has 2 rings (SSSR count). The number of Topliss-reactive ketones (excluding diaryl/α,β-unsaturated/α-hetero) is 1. The predicted molar refractivity (Wildman–Crippen MR) is 98.0 cm³/mol. The Kier molecular flexibility index (Phi) is 4.95. The molecule has 0 aromatic heterocycles. The van der Waals surface area contributed by atoms with Crippen molar-refractivity contribution in [3.05, 3.63) is 22.3 Å². The van der Waals surface area contributed by atoms with E-state index < -0.39 is 8.32 Å². The average molecular weight is 349 g/mol. The molecular formula is C19H28O4Si. The second-order valence-corrected chi connectivity index (χ2v) is 12.7. The predicted octanol–water partition coefficient (Wildman–Crippen LogP) is 4.26. The first-order valence-electron chi connectivity index (χ1n) is 8.43. The van der Waals surface area contributed by atoms with E-state index in [0.29, 0.717) is 35.5 Å². The Hall–Kier alpha value is -1.62. The first kappa shape index (κ1) is 18.7. The van der Waals surface area contributed by atoms with Crippen LogP contribution in [0.4, 0.5) is 0 Å². The zero-order valence-corrected chi connectivity index (χ0v) is 16.8. The Balaban J connectivity index is 2.75. The monoisotopic (exact) mass is 348 g/mol. The molecular weight excluding hydrogens is 320 g/mol. The third-order valence-electron chi connectivity index (χ3n) is 5.41. The summed E-state index contributed by atoms with van der Waals surface area (Å²) in [6.07, 6.45) is 2.25. The summed E-state index contributed by atoms with van der Waals surface area (Å²) in [4.78, 5) is 23.8. The molecule has 24 heavy (non-hydrogen) atoms. The molecule has 0 atom stereocenters. The van der Waals surface area contributed by atoms with Crippen molar-refractivity contribution >= 4 is 20.4 Å². The van der Waals surface area contributed by atoms with Gasteiger partial charge in [-0.05, 0) is 42.6 Å². The number of carbonyl (C=O) groups is 2. The molecule has 0 amide bonds. The third-order valence-corrected chi connectivity index (χ3v) is 9.73. The van der Waals surface area contributed by atoms with Crippen molar-refractivity contribution in [2.75, 3.05) is 7.11 Å². The van der Waals surface area contributed by atoms with E-state index in [1.807, 2.05) is 6.92 Å². The molecule has 0 heterocycles. The summed E-state index contributed by atoms with van der Waals surface area (Å²) in [6, 6.07) is 0. The Morgan fingerprint density at radius 1 is 1.17 bits per heavy atom. The normalized spacial score (nSPS) is 14.5. The first-order chi connectivity index (χ1) is 11.0. The lowest BCUT2D eigenvalue weighted by atomic mass is 9.96. The largest absolute Gasteiger partial charge is 0.543 e. The molecule has 132 valence electrons. The molecule has 1 aliphatic carbocycles. The lowest BCUT2D eigenvalue weighted by Gasteiger charge is -2.38. The zero-order chi connectivity index (χ0) is 18.3. The summed E-state index contributed by atoms with van der Waals surface area (Å²) < 4.78 is 12.1. The number of methoxy groups -OCH3 is 1. The van der Waals surface area contributed by atoms with Gasteiger partial charge in [-0.25, -0.2) is 0 Å². The second-order valence-electron chi connectivity index (χ2n) is 7.98.